The van der Waals surface area contributed by atoms with Crippen LogP contribution in [0.15, 0.2) is 0 Å². The molecule has 0 aliphatic heterocycles. The molecule has 0 fully saturated rings. The van der Waals surface area contributed by atoms with Gasteiger partial charge in [-0.15, -0.1) is 0 Å². The van der Waals surface area contributed by atoms with Crippen LogP contribution in [0.4, 0.5) is 0 Å². The van der Waals surface area contributed by atoms with Gasteiger partial charge in [0.05, 0.1) is 6.61 Å². The summed E-state index contributed by atoms with van der Waals surface area (Å²) >= 11 is 0. The van der Waals surface area contributed by atoms with Gasteiger partial charge in [-0.25, -0.2) is 0 Å². The van der Waals surface area contributed by atoms with Crippen molar-refractivity contribution in [2.24, 2.45) is 11.8 Å². The Balaban J connectivity index is 0. The van der Waals surface area contributed by atoms with Crippen molar-refractivity contribution in [2.45, 2.75) is 323 Å². The maximum Gasteiger partial charge on any atom is 0.305 e. The van der Waals surface area contributed by atoms with E-state index in [1.165, 1.54) is 193 Å². The first-order valence-corrected chi connectivity index (χ1v) is 30.0. The first kappa shape index (κ1) is 67.6. The molecule has 0 aromatic rings. The molecule has 0 aliphatic carbocycles. The maximum atomic E-state index is 13.6. The number of aldehydes is 1. The third kappa shape index (κ3) is 49.3. The molecule has 0 aromatic carbocycles. The molecule has 0 spiro atoms. The summed E-state index contributed by atoms with van der Waals surface area (Å²) in [6, 6.07) is 0.242. The van der Waals surface area contributed by atoms with Crippen molar-refractivity contribution < 1.29 is 24.2 Å². The summed E-state index contributed by atoms with van der Waals surface area (Å²) < 4.78 is 5.88. The fourth-order valence-corrected chi connectivity index (χ4v) is 9.62. The maximum absolute atomic E-state index is 13.6. The standard InChI is InChI=1S/C45H88N2O4.C15H32O/c1-5-8-11-14-17-20-28-36-44(49)47(39-31-38-46-4)43(34-26-21-22-30-40-48)35-27-23-29-37-45(50)51-41-42(32-24-18-15-12-9-6-2)33-25-19-16-13-10-7-3;1-3-5-7-9-11-13-15(14-16)12-10-8-6-4-2/h40,42-43,46H,5-39,41H2,1-4H3;15-16H,3-14H2,1-2H3. The molecular formula is C60H120N2O5. The first-order valence-electron chi connectivity index (χ1n) is 30.0. The highest BCUT2D eigenvalue weighted by atomic mass is 16.5. The van der Waals surface area contributed by atoms with Crippen LogP contribution in [0.25, 0.3) is 0 Å². The van der Waals surface area contributed by atoms with Crippen LogP contribution < -0.4 is 5.32 Å². The third-order valence-electron chi connectivity index (χ3n) is 14.2. The van der Waals surface area contributed by atoms with E-state index in [0.29, 0.717) is 50.2 Å². The van der Waals surface area contributed by atoms with Gasteiger partial charge in [0.2, 0.25) is 5.91 Å². The minimum absolute atomic E-state index is 0.0313. The number of ether oxygens (including phenoxy) is 1. The van der Waals surface area contributed by atoms with E-state index in [1.807, 2.05) is 7.05 Å². The van der Waals surface area contributed by atoms with Gasteiger partial charge < -0.3 is 24.9 Å². The topological polar surface area (TPSA) is 95.9 Å². The number of amides is 1. The van der Waals surface area contributed by atoms with E-state index in [2.05, 4.69) is 44.8 Å². The molecule has 0 aliphatic rings. The van der Waals surface area contributed by atoms with E-state index in [-0.39, 0.29) is 12.0 Å². The molecule has 0 saturated carbocycles. The van der Waals surface area contributed by atoms with Gasteiger partial charge in [-0.05, 0) is 89.6 Å². The lowest BCUT2D eigenvalue weighted by atomic mass is 9.94. The van der Waals surface area contributed by atoms with Gasteiger partial charge >= 0.3 is 5.97 Å². The van der Waals surface area contributed by atoms with Crippen molar-refractivity contribution in [1.29, 1.82) is 0 Å². The molecule has 67 heavy (non-hydrogen) atoms. The highest BCUT2D eigenvalue weighted by molar-refractivity contribution is 5.76. The lowest BCUT2D eigenvalue weighted by Crippen LogP contribution is -2.41. The second-order valence-corrected chi connectivity index (χ2v) is 20.7. The molecule has 1 amide bonds. The summed E-state index contributed by atoms with van der Waals surface area (Å²) in [5, 5.41) is 12.5. The highest BCUT2D eigenvalue weighted by Gasteiger charge is 2.23. The van der Waals surface area contributed by atoms with E-state index in [0.717, 1.165) is 90.0 Å². The van der Waals surface area contributed by atoms with Gasteiger partial charge in [-0.1, -0.05) is 234 Å². The Labute approximate surface area is 419 Å². The van der Waals surface area contributed by atoms with Crippen LogP contribution in [0.2, 0.25) is 0 Å². The normalized spacial score (nSPS) is 12.2. The molecule has 0 radical (unpaired) electrons. The summed E-state index contributed by atoms with van der Waals surface area (Å²) in [7, 11) is 1.98. The Hall–Kier alpha value is -1.47. The van der Waals surface area contributed by atoms with Crippen LogP contribution in [0, 0.1) is 11.8 Å². The molecule has 0 heterocycles. The molecule has 0 rings (SSSR count). The number of hydrogen-bond donors (Lipinski definition) is 2. The third-order valence-corrected chi connectivity index (χ3v) is 14.2. The average molecular weight is 950 g/mol. The number of nitrogens with one attached hydrogen (secondary N) is 1. The summed E-state index contributed by atoms with van der Waals surface area (Å²) in [5.74, 6) is 1.37. The minimum Gasteiger partial charge on any atom is -0.465 e. The lowest BCUT2D eigenvalue weighted by Gasteiger charge is -2.33. The molecule has 0 bridgehead atoms. The Bertz CT molecular complexity index is 977. The van der Waals surface area contributed by atoms with Gasteiger partial charge in [0, 0.05) is 38.5 Å². The van der Waals surface area contributed by atoms with E-state index in [1.54, 1.807) is 0 Å². The number of unbranched alkanes of at least 4 members (excludes halogenated alkanes) is 28. The van der Waals surface area contributed by atoms with Crippen LogP contribution >= 0.6 is 0 Å². The van der Waals surface area contributed by atoms with Crippen LogP contribution in [0.5, 0.6) is 0 Å². The number of aliphatic hydroxyl groups excluding tert-OH is 1. The number of aliphatic hydroxyl groups is 1. The zero-order valence-corrected chi connectivity index (χ0v) is 46.3. The molecule has 0 saturated heterocycles. The van der Waals surface area contributed by atoms with Crippen molar-refractivity contribution in [1.82, 2.24) is 10.2 Å². The molecule has 400 valence electrons. The van der Waals surface area contributed by atoms with E-state index in [4.69, 9.17) is 4.74 Å². The molecule has 7 heteroatoms. The molecular weight excluding hydrogens is 829 g/mol. The Morgan fingerprint density at radius 3 is 1.30 bits per heavy atom. The van der Waals surface area contributed by atoms with Gasteiger partial charge in [-0.2, -0.15) is 0 Å². The van der Waals surface area contributed by atoms with Gasteiger partial charge in [-0.3, -0.25) is 9.59 Å². The number of carbonyl (C=O) groups is 3. The highest BCUT2D eigenvalue weighted by Crippen LogP contribution is 2.23. The number of rotatable bonds is 53. The predicted octanol–water partition coefficient (Wildman–Crippen LogP) is 17.6. The van der Waals surface area contributed by atoms with Gasteiger partial charge in [0.15, 0.2) is 0 Å². The van der Waals surface area contributed by atoms with Crippen molar-refractivity contribution in [3.8, 4) is 0 Å². The van der Waals surface area contributed by atoms with Crippen LogP contribution in [-0.2, 0) is 19.1 Å². The molecule has 2 unspecified atom stereocenters. The van der Waals surface area contributed by atoms with Crippen molar-refractivity contribution in [2.75, 3.05) is 33.4 Å². The number of esters is 1. The Morgan fingerprint density at radius 1 is 0.478 bits per heavy atom. The molecule has 7 nitrogen and oxygen atoms in total. The summed E-state index contributed by atoms with van der Waals surface area (Å²) in [4.78, 5) is 39.5. The molecule has 2 atom stereocenters. The lowest BCUT2D eigenvalue weighted by molar-refractivity contribution is -0.145. The van der Waals surface area contributed by atoms with Crippen LogP contribution in [-0.4, -0.2) is 67.6 Å². The zero-order valence-electron chi connectivity index (χ0n) is 46.3. The minimum atomic E-state index is -0.0313. The number of hydrogen-bond acceptors (Lipinski definition) is 6. The fourth-order valence-electron chi connectivity index (χ4n) is 9.62. The van der Waals surface area contributed by atoms with E-state index in [9.17, 15) is 19.5 Å². The van der Waals surface area contributed by atoms with Gasteiger partial charge in [0.1, 0.15) is 6.29 Å². The van der Waals surface area contributed by atoms with Crippen molar-refractivity contribution in [3.63, 3.8) is 0 Å². The van der Waals surface area contributed by atoms with E-state index >= 15 is 0 Å². The zero-order chi connectivity index (χ0) is 49.5. The molecule has 2 N–H and O–H groups in total. The smallest absolute Gasteiger partial charge is 0.305 e. The quantitative estimate of drug-likeness (QED) is 0.0358. The fraction of sp³-hybridized carbons (Fsp3) is 0.950. The number of nitrogens with zero attached hydrogens (tertiary/aromatic N) is 1. The van der Waals surface area contributed by atoms with Crippen LogP contribution in [0.1, 0.15) is 317 Å². The van der Waals surface area contributed by atoms with E-state index < -0.39 is 0 Å². The Morgan fingerprint density at radius 2 is 0.851 bits per heavy atom. The molecule has 0 aromatic heterocycles. The largest absolute Gasteiger partial charge is 0.465 e. The monoisotopic (exact) mass is 949 g/mol. The van der Waals surface area contributed by atoms with Crippen molar-refractivity contribution in [3.05, 3.63) is 0 Å². The second-order valence-electron chi connectivity index (χ2n) is 20.7. The SMILES string of the molecule is CCCCCCCC(CO)CCCCCC.CCCCCCCCCC(=O)N(CCCNC)C(CCCCCC=O)CCCCCC(=O)OCC(CCCCCCCC)CCCCCCCC. The van der Waals surface area contributed by atoms with Crippen LogP contribution in [0.3, 0.4) is 0 Å². The number of carbonyl (C=O) groups excluding carboxylic acids is 3. The average Bonchev–Trinajstić information content (AvgIpc) is 3.33. The first-order chi connectivity index (χ1) is 32.9. The predicted molar refractivity (Wildman–Crippen MR) is 292 cm³/mol. The summed E-state index contributed by atoms with van der Waals surface area (Å²) in [6.45, 7) is 14.0. The Kier molecular flexibility index (Phi) is 57.6. The summed E-state index contributed by atoms with van der Waals surface area (Å²) in [6.07, 6.45) is 52.9. The second kappa shape index (κ2) is 57.1. The van der Waals surface area contributed by atoms with Gasteiger partial charge in [0.25, 0.3) is 0 Å². The summed E-state index contributed by atoms with van der Waals surface area (Å²) in [5.41, 5.74) is 0. The van der Waals surface area contributed by atoms with Crippen molar-refractivity contribution >= 4 is 18.2 Å².